The molecule has 0 atom stereocenters. The minimum Gasteiger partial charge on any atom is -0.229 e. The molecule has 0 amide bonds. The first-order valence-corrected chi connectivity index (χ1v) is 11.9. The normalized spacial score (nSPS) is 12.9. The number of benzene rings is 4. The van der Waals surface area contributed by atoms with Crippen LogP contribution in [-0.2, 0) is 13.1 Å². The van der Waals surface area contributed by atoms with Crippen LogP contribution in [0, 0.1) is 41.5 Å². The topological polar surface area (TPSA) is 6.25 Å². The molecule has 0 fully saturated rings. The number of anilines is 1. The molecule has 0 spiro atoms. The van der Waals surface area contributed by atoms with Gasteiger partial charge < -0.3 is 0 Å². The van der Waals surface area contributed by atoms with Crippen molar-refractivity contribution in [2.45, 2.75) is 54.6 Å². The highest BCUT2D eigenvalue weighted by molar-refractivity contribution is 6.06. The van der Waals surface area contributed by atoms with Crippen molar-refractivity contribution in [1.29, 1.82) is 0 Å². The summed E-state index contributed by atoms with van der Waals surface area (Å²) in [4.78, 5) is 2.45. The van der Waals surface area contributed by atoms with Gasteiger partial charge >= 0.3 is 0 Å². The number of hydrogen-bond donors (Lipinski definition) is 0. The fraction of sp³-hybridized carbons (Fsp3) is 0.258. The summed E-state index contributed by atoms with van der Waals surface area (Å²) >= 11 is 0. The number of nitrogens with zero attached hydrogens (tertiary/aromatic N) is 2. The van der Waals surface area contributed by atoms with Gasteiger partial charge in [0, 0.05) is 0 Å². The third-order valence-electron chi connectivity index (χ3n) is 7.68. The SMILES string of the molecule is Cc1cccc(C[N+]2=CN(Cc3c(C)c(C)c(C)c(C)c3C)c3cccc4cccc2c34)c1. The molecule has 4 aromatic carbocycles. The molecule has 0 bridgehead atoms. The lowest BCUT2D eigenvalue weighted by atomic mass is 9.89. The maximum absolute atomic E-state index is 2.45. The Balaban J connectivity index is 1.66. The van der Waals surface area contributed by atoms with E-state index >= 15 is 0 Å². The second-order valence-corrected chi connectivity index (χ2v) is 9.62. The van der Waals surface area contributed by atoms with Crippen LogP contribution in [0.4, 0.5) is 11.4 Å². The largest absolute Gasteiger partial charge is 0.245 e. The molecule has 1 aliphatic heterocycles. The van der Waals surface area contributed by atoms with E-state index in [0.717, 1.165) is 13.1 Å². The van der Waals surface area contributed by atoms with E-state index in [2.05, 4.69) is 118 Å². The molecule has 2 heteroatoms. The van der Waals surface area contributed by atoms with Crippen molar-refractivity contribution in [3.8, 4) is 0 Å². The highest BCUT2D eigenvalue weighted by atomic mass is 15.2. The van der Waals surface area contributed by atoms with Crippen molar-refractivity contribution in [2.75, 3.05) is 4.90 Å². The maximum Gasteiger partial charge on any atom is 0.245 e. The van der Waals surface area contributed by atoms with Crippen LogP contribution in [0.1, 0.15) is 44.5 Å². The lowest BCUT2D eigenvalue weighted by molar-refractivity contribution is -0.453. The fourth-order valence-corrected chi connectivity index (χ4v) is 5.32. The van der Waals surface area contributed by atoms with Crippen molar-refractivity contribution in [3.63, 3.8) is 0 Å². The fourth-order valence-electron chi connectivity index (χ4n) is 5.32. The molecular weight excluding hydrogens is 400 g/mol. The van der Waals surface area contributed by atoms with Crippen LogP contribution in [0.5, 0.6) is 0 Å². The highest BCUT2D eigenvalue weighted by Gasteiger charge is 2.28. The molecule has 0 unspecified atom stereocenters. The molecule has 1 aliphatic rings. The Kier molecular flexibility index (Phi) is 5.32. The van der Waals surface area contributed by atoms with Crippen LogP contribution in [0.2, 0.25) is 0 Å². The van der Waals surface area contributed by atoms with E-state index in [1.165, 1.54) is 66.7 Å². The molecule has 33 heavy (non-hydrogen) atoms. The molecule has 0 radical (unpaired) electrons. The summed E-state index contributed by atoms with van der Waals surface area (Å²) in [5.74, 6) is 0. The van der Waals surface area contributed by atoms with Crippen LogP contribution in [0.3, 0.4) is 0 Å². The first-order chi connectivity index (χ1) is 15.8. The van der Waals surface area contributed by atoms with E-state index in [0.29, 0.717) is 0 Å². The standard InChI is InChI=1S/C31H33N2/c1-20-10-7-11-26(16-20)17-32-19-33(18-28-24(5)22(3)21(2)23(4)25(28)6)30-15-9-13-27-12-8-14-29(32)31(27)30/h7-16,19H,17-18H2,1-6H3/q+1. The van der Waals surface area contributed by atoms with Gasteiger partial charge in [-0.25, -0.2) is 9.48 Å². The predicted molar refractivity (Wildman–Crippen MR) is 141 cm³/mol. The van der Waals surface area contributed by atoms with Crippen LogP contribution >= 0.6 is 0 Å². The van der Waals surface area contributed by atoms with Crippen molar-refractivity contribution in [2.24, 2.45) is 0 Å². The van der Waals surface area contributed by atoms with Gasteiger partial charge in [-0.15, -0.1) is 0 Å². The quantitative estimate of drug-likeness (QED) is 0.301. The second kappa shape index (κ2) is 8.19. The molecule has 5 rings (SSSR count). The minimum atomic E-state index is 0.857. The molecule has 0 saturated heterocycles. The zero-order chi connectivity index (χ0) is 23.3. The Morgan fingerprint density at radius 1 is 0.697 bits per heavy atom. The Hall–Kier alpha value is -3.39. The monoisotopic (exact) mass is 433 g/mol. The van der Waals surface area contributed by atoms with Crippen molar-refractivity contribution < 1.29 is 4.58 Å². The van der Waals surface area contributed by atoms with Crippen molar-refractivity contribution in [3.05, 3.63) is 105 Å². The van der Waals surface area contributed by atoms with Gasteiger partial charge in [-0.2, -0.15) is 0 Å². The van der Waals surface area contributed by atoms with Gasteiger partial charge in [-0.1, -0.05) is 54.1 Å². The van der Waals surface area contributed by atoms with Gasteiger partial charge in [0.2, 0.25) is 6.34 Å². The summed E-state index contributed by atoms with van der Waals surface area (Å²) in [6.07, 6.45) is 2.32. The Labute approximate surface area is 197 Å². The average molecular weight is 434 g/mol. The Morgan fingerprint density at radius 3 is 2.03 bits per heavy atom. The Bertz CT molecular complexity index is 1390. The van der Waals surface area contributed by atoms with Gasteiger partial charge in [0.1, 0.15) is 24.5 Å². The molecule has 0 aliphatic carbocycles. The zero-order valence-corrected chi connectivity index (χ0v) is 20.7. The summed E-state index contributed by atoms with van der Waals surface area (Å²) in [7, 11) is 0. The van der Waals surface area contributed by atoms with Crippen LogP contribution in [0.15, 0.2) is 60.7 Å². The predicted octanol–water partition coefficient (Wildman–Crippen LogP) is 7.58. The molecule has 2 nitrogen and oxygen atoms in total. The third kappa shape index (κ3) is 3.64. The lowest BCUT2D eigenvalue weighted by Gasteiger charge is -2.26. The summed E-state index contributed by atoms with van der Waals surface area (Å²) in [6, 6.07) is 22.2. The molecule has 0 saturated carbocycles. The van der Waals surface area contributed by atoms with Gasteiger partial charge in [-0.05, 0) is 98.0 Å². The summed E-state index contributed by atoms with van der Waals surface area (Å²) in [5.41, 5.74) is 13.7. The van der Waals surface area contributed by atoms with Crippen molar-refractivity contribution in [1.82, 2.24) is 0 Å². The number of hydrogen-bond acceptors (Lipinski definition) is 1. The van der Waals surface area contributed by atoms with Gasteiger partial charge in [0.25, 0.3) is 0 Å². The summed E-state index contributed by atoms with van der Waals surface area (Å²) in [6.45, 7) is 15.2. The third-order valence-corrected chi connectivity index (χ3v) is 7.68. The zero-order valence-electron chi connectivity index (χ0n) is 20.7. The molecular formula is C31H33N2+. The van der Waals surface area contributed by atoms with E-state index in [-0.39, 0.29) is 0 Å². The van der Waals surface area contributed by atoms with E-state index in [4.69, 9.17) is 0 Å². The summed E-state index contributed by atoms with van der Waals surface area (Å²) in [5, 5.41) is 2.63. The lowest BCUT2D eigenvalue weighted by Crippen LogP contribution is -2.30. The molecule has 0 N–H and O–H groups in total. The Morgan fingerprint density at radius 2 is 1.33 bits per heavy atom. The maximum atomic E-state index is 2.45. The second-order valence-electron chi connectivity index (χ2n) is 9.62. The molecule has 0 aromatic heterocycles. The van der Waals surface area contributed by atoms with E-state index in [9.17, 15) is 0 Å². The molecule has 166 valence electrons. The van der Waals surface area contributed by atoms with Gasteiger partial charge in [0.05, 0.1) is 5.39 Å². The van der Waals surface area contributed by atoms with E-state index < -0.39 is 0 Å². The van der Waals surface area contributed by atoms with Crippen LogP contribution < -0.4 is 4.90 Å². The van der Waals surface area contributed by atoms with Gasteiger partial charge in [0.15, 0.2) is 0 Å². The minimum absolute atomic E-state index is 0.857. The van der Waals surface area contributed by atoms with Crippen LogP contribution in [0.25, 0.3) is 10.8 Å². The van der Waals surface area contributed by atoms with Crippen LogP contribution in [-0.4, -0.2) is 10.9 Å². The smallest absolute Gasteiger partial charge is 0.229 e. The summed E-state index contributed by atoms with van der Waals surface area (Å²) < 4.78 is 2.42. The number of aryl methyl sites for hydroxylation is 1. The van der Waals surface area contributed by atoms with Crippen molar-refractivity contribution >= 4 is 28.5 Å². The molecule has 4 aromatic rings. The van der Waals surface area contributed by atoms with Gasteiger partial charge in [-0.3, -0.25) is 0 Å². The first kappa shape index (κ1) is 21.5. The average Bonchev–Trinajstić information content (AvgIpc) is 2.82. The first-order valence-electron chi connectivity index (χ1n) is 11.9. The number of rotatable bonds is 4. The van der Waals surface area contributed by atoms with E-state index in [1.807, 2.05) is 0 Å². The highest BCUT2D eigenvalue weighted by Crippen LogP contribution is 2.39. The molecule has 1 heterocycles. The van der Waals surface area contributed by atoms with E-state index in [1.54, 1.807) is 0 Å².